The number of aromatic hydroxyl groups is 1. The first kappa shape index (κ1) is 8.57. The van der Waals surface area contributed by atoms with Crippen molar-refractivity contribution >= 4 is 0 Å². The average Bonchev–Trinajstić information content (AvgIpc) is 2.07. The summed E-state index contributed by atoms with van der Waals surface area (Å²) in [5, 5.41) is 17.2. The molecule has 0 heterocycles. The fourth-order valence-corrected chi connectivity index (χ4v) is 0.732. The van der Waals surface area contributed by atoms with Crippen LogP contribution in [0, 0.1) is 17.7 Å². The number of hydrogen-bond acceptors (Lipinski definition) is 2. The number of hydrogen-bond donors (Lipinski definition) is 2. The van der Waals surface area contributed by atoms with Crippen LogP contribution in [0.4, 0.5) is 4.39 Å². The lowest BCUT2D eigenvalue weighted by Crippen LogP contribution is -1.79. The zero-order valence-corrected chi connectivity index (χ0v) is 6.21. The first-order chi connectivity index (χ1) is 5.74. The van der Waals surface area contributed by atoms with E-state index in [0.717, 1.165) is 6.07 Å². The fraction of sp³-hybridized carbons (Fsp3) is 0.111. The van der Waals surface area contributed by atoms with Crippen molar-refractivity contribution < 1.29 is 14.6 Å². The lowest BCUT2D eigenvalue weighted by atomic mass is 10.2. The molecule has 1 rings (SSSR count). The molecule has 0 amide bonds. The highest BCUT2D eigenvalue weighted by molar-refractivity contribution is 5.39. The van der Waals surface area contributed by atoms with E-state index in [0.29, 0.717) is 5.56 Å². The average molecular weight is 166 g/mol. The van der Waals surface area contributed by atoms with Crippen molar-refractivity contribution in [2.24, 2.45) is 0 Å². The zero-order chi connectivity index (χ0) is 8.97. The smallest absolute Gasteiger partial charge is 0.164 e. The van der Waals surface area contributed by atoms with Crippen LogP contribution in [0.3, 0.4) is 0 Å². The van der Waals surface area contributed by atoms with Crippen LogP contribution in [0.25, 0.3) is 0 Å². The molecule has 0 saturated heterocycles. The Morgan fingerprint density at radius 3 is 2.75 bits per heavy atom. The molecule has 0 atom stereocenters. The summed E-state index contributed by atoms with van der Waals surface area (Å²) in [6.45, 7) is -0.252. The van der Waals surface area contributed by atoms with Gasteiger partial charge in [0.05, 0.1) is 0 Å². The molecule has 0 aliphatic carbocycles. The van der Waals surface area contributed by atoms with Gasteiger partial charge in [0.25, 0.3) is 0 Å². The van der Waals surface area contributed by atoms with Crippen LogP contribution in [0.1, 0.15) is 5.56 Å². The number of aliphatic hydroxyl groups is 1. The van der Waals surface area contributed by atoms with E-state index in [1.165, 1.54) is 12.1 Å². The van der Waals surface area contributed by atoms with Crippen molar-refractivity contribution in [3.05, 3.63) is 29.6 Å². The molecular weight excluding hydrogens is 159 g/mol. The Kier molecular flexibility index (Phi) is 2.67. The lowest BCUT2D eigenvalue weighted by Gasteiger charge is -1.94. The van der Waals surface area contributed by atoms with Crippen LogP contribution < -0.4 is 0 Å². The summed E-state index contributed by atoms with van der Waals surface area (Å²) < 4.78 is 12.5. The lowest BCUT2D eigenvalue weighted by molar-refractivity contribution is 0.350. The van der Waals surface area contributed by atoms with E-state index in [-0.39, 0.29) is 6.61 Å². The third kappa shape index (κ3) is 1.97. The summed E-state index contributed by atoms with van der Waals surface area (Å²) in [6.07, 6.45) is 0. The van der Waals surface area contributed by atoms with Crippen LogP contribution in [0.2, 0.25) is 0 Å². The van der Waals surface area contributed by atoms with Crippen molar-refractivity contribution in [2.45, 2.75) is 0 Å². The minimum atomic E-state index is -0.676. The Hall–Kier alpha value is -1.53. The van der Waals surface area contributed by atoms with Gasteiger partial charge in [-0.2, -0.15) is 0 Å². The van der Waals surface area contributed by atoms with Crippen molar-refractivity contribution in [3.8, 4) is 17.6 Å². The van der Waals surface area contributed by atoms with Gasteiger partial charge in [0.15, 0.2) is 11.6 Å². The van der Waals surface area contributed by atoms with E-state index < -0.39 is 11.6 Å². The van der Waals surface area contributed by atoms with Crippen molar-refractivity contribution in [1.82, 2.24) is 0 Å². The van der Waals surface area contributed by atoms with Crippen molar-refractivity contribution in [1.29, 1.82) is 0 Å². The molecule has 0 aromatic heterocycles. The molecule has 0 spiro atoms. The summed E-state index contributed by atoms with van der Waals surface area (Å²) in [6, 6.07) is 3.76. The third-order valence-electron chi connectivity index (χ3n) is 1.26. The summed E-state index contributed by atoms with van der Waals surface area (Å²) in [4.78, 5) is 0. The maximum absolute atomic E-state index is 12.5. The number of phenolic OH excluding ortho intramolecular Hbond substituents is 1. The predicted octanol–water partition coefficient (Wildman–Crippen LogP) is 0.875. The number of rotatable bonds is 0. The molecule has 0 unspecified atom stereocenters. The van der Waals surface area contributed by atoms with Gasteiger partial charge in [-0.1, -0.05) is 11.8 Å². The first-order valence-electron chi connectivity index (χ1n) is 3.32. The van der Waals surface area contributed by atoms with E-state index in [9.17, 15) is 4.39 Å². The van der Waals surface area contributed by atoms with Gasteiger partial charge in [-0.25, -0.2) is 4.39 Å². The first-order valence-corrected chi connectivity index (χ1v) is 3.32. The van der Waals surface area contributed by atoms with Gasteiger partial charge in [0, 0.05) is 5.56 Å². The normalized spacial score (nSPS) is 8.83. The third-order valence-corrected chi connectivity index (χ3v) is 1.26. The molecule has 1 aromatic rings. The molecule has 2 nitrogen and oxygen atoms in total. The van der Waals surface area contributed by atoms with E-state index in [1.807, 2.05) is 0 Å². The summed E-state index contributed by atoms with van der Waals surface area (Å²) >= 11 is 0. The number of aliphatic hydroxyl groups excluding tert-OH is 1. The summed E-state index contributed by atoms with van der Waals surface area (Å²) in [5.41, 5.74) is 0.475. The van der Waals surface area contributed by atoms with Crippen LogP contribution in [0.15, 0.2) is 18.2 Å². The van der Waals surface area contributed by atoms with Crippen LogP contribution >= 0.6 is 0 Å². The Morgan fingerprint density at radius 1 is 1.42 bits per heavy atom. The predicted molar refractivity (Wildman–Crippen MR) is 42.0 cm³/mol. The Labute approximate surface area is 69.3 Å². The van der Waals surface area contributed by atoms with Gasteiger partial charge < -0.3 is 10.2 Å². The Bertz CT molecular complexity index is 336. The Balaban J connectivity index is 2.97. The second-order valence-electron chi connectivity index (χ2n) is 2.13. The monoisotopic (exact) mass is 166 g/mol. The fourth-order valence-electron chi connectivity index (χ4n) is 0.732. The highest BCUT2D eigenvalue weighted by atomic mass is 19.1. The number of benzene rings is 1. The van der Waals surface area contributed by atoms with Crippen LogP contribution in [0.5, 0.6) is 5.75 Å². The molecule has 0 bridgehead atoms. The molecule has 2 N–H and O–H groups in total. The maximum Gasteiger partial charge on any atom is 0.164 e. The second kappa shape index (κ2) is 3.74. The van der Waals surface area contributed by atoms with Crippen molar-refractivity contribution in [3.63, 3.8) is 0 Å². The zero-order valence-electron chi connectivity index (χ0n) is 6.21. The number of phenols is 1. The van der Waals surface area contributed by atoms with Crippen molar-refractivity contribution in [2.75, 3.05) is 6.61 Å². The molecule has 0 aliphatic heterocycles. The molecule has 0 saturated carbocycles. The molecule has 3 heteroatoms. The highest BCUT2D eigenvalue weighted by Crippen LogP contribution is 2.15. The molecule has 0 fully saturated rings. The maximum atomic E-state index is 12.5. The Morgan fingerprint density at radius 2 is 2.17 bits per heavy atom. The largest absolute Gasteiger partial charge is 0.505 e. The molecule has 0 aliphatic rings. The standard InChI is InChI=1S/C9H7FO2/c10-8-4-3-7(2-1-5-11)6-9(8)12/h3-4,6,11-12H,5H2. The van der Waals surface area contributed by atoms with E-state index in [1.54, 1.807) is 0 Å². The minimum absolute atomic E-state index is 0.252. The SMILES string of the molecule is OCC#Cc1ccc(F)c(O)c1. The van der Waals surface area contributed by atoms with Gasteiger partial charge in [0.2, 0.25) is 0 Å². The van der Waals surface area contributed by atoms with Gasteiger partial charge in [-0.05, 0) is 18.2 Å². The van der Waals surface area contributed by atoms with Gasteiger partial charge in [-0.3, -0.25) is 0 Å². The molecule has 62 valence electrons. The summed E-state index contributed by atoms with van der Waals surface area (Å²) in [7, 11) is 0. The molecule has 12 heavy (non-hydrogen) atoms. The van der Waals surface area contributed by atoms with E-state index in [2.05, 4.69) is 11.8 Å². The second-order valence-corrected chi connectivity index (χ2v) is 2.13. The molecule has 0 radical (unpaired) electrons. The molecule has 1 aromatic carbocycles. The van der Waals surface area contributed by atoms with E-state index in [4.69, 9.17) is 10.2 Å². The van der Waals surface area contributed by atoms with Crippen LogP contribution in [-0.2, 0) is 0 Å². The molecular formula is C9H7FO2. The highest BCUT2D eigenvalue weighted by Gasteiger charge is 1.98. The van der Waals surface area contributed by atoms with Crippen LogP contribution in [-0.4, -0.2) is 16.8 Å². The topological polar surface area (TPSA) is 40.5 Å². The van der Waals surface area contributed by atoms with Gasteiger partial charge >= 0.3 is 0 Å². The number of halogens is 1. The quantitative estimate of drug-likeness (QED) is 0.561. The van der Waals surface area contributed by atoms with E-state index >= 15 is 0 Å². The van der Waals surface area contributed by atoms with Gasteiger partial charge in [0.1, 0.15) is 6.61 Å². The minimum Gasteiger partial charge on any atom is -0.505 e. The summed E-state index contributed by atoms with van der Waals surface area (Å²) in [5.74, 6) is 3.81. The van der Waals surface area contributed by atoms with Gasteiger partial charge in [-0.15, -0.1) is 0 Å².